The molecule has 0 aliphatic heterocycles. The van der Waals surface area contributed by atoms with Crippen LogP contribution in [0.2, 0.25) is 0 Å². The van der Waals surface area contributed by atoms with Crippen molar-refractivity contribution >= 4 is 70.8 Å². The van der Waals surface area contributed by atoms with Crippen molar-refractivity contribution in [2.24, 2.45) is 0 Å². The number of hydrogen-bond acceptors (Lipinski definition) is 3. The van der Waals surface area contributed by atoms with Crippen LogP contribution in [0.15, 0.2) is 63.2 Å². The number of halogens is 1. The minimum atomic E-state index is -0.451. The van der Waals surface area contributed by atoms with Gasteiger partial charge in [0.25, 0.3) is 5.24 Å². The Bertz CT molecular complexity index is 546. The first-order valence-electron chi connectivity index (χ1n) is 4.92. The third-order valence-electron chi connectivity index (χ3n) is 2.16. The summed E-state index contributed by atoms with van der Waals surface area (Å²) in [5.41, 5.74) is 0.489. The van der Waals surface area contributed by atoms with Gasteiger partial charge < -0.3 is 0 Å². The van der Waals surface area contributed by atoms with Crippen molar-refractivity contribution in [2.45, 2.75) is 14.7 Å². The van der Waals surface area contributed by atoms with E-state index in [1.807, 2.05) is 30.3 Å². The molecule has 2 rings (SSSR count). The molecule has 0 fully saturated rings. The molecule has 87 valence electrons. The predicted molar refractivity (Wildman–Crippen MR) is 80.2 cm³/mol. The van der Waals surface area contributed by atoms with Crippen LogP contribution in [0, 0.1) is 0 Å². The molecular weight excluding hydrogens is 295 g/mol. The quantitative estimate of drug-likeness (QED) is 0.522. The largest absolute Gasteiger partial charge is 0.276 e. The maximum atomic E-state index is 11.1. The van der Waals surface area contributed by atoms with Crippen molar-refractivity contribution in [3.8, 4) is 0 Å². The molecule has 0 amide bonds. The third kappa shape index (κ3) is 4.34. The van der Waals surface area contributed by atoms with Crippen molar-refractivity contribution in [1.29, 1.82) is 0 Å². The first-order valence-corrected chi connectivity index (χ1v) is 6.57. The minimum Gasteiger partial charge on any atom is -0.276 e. The fourth-order valence-electron chi connectivity index (χ4n) is 1.33. The Balaban J connectivity index is 0.00000162. The van der Waals surface area contributed by atoms with Crippen molar-refractivity contribution in [3.63, 3.8) is 0 Å². The van der Waals surface area contributed by atoms with Gasteiger partial charge in [0.05, 0.1) is 0 Å². The average molecular weight is 304 g/mol. The summed E-state index contributed by atoms with van der Waals surface area (Å²) in [5.74, 6) is 0. The summed E-state index contributed by atoms with van der Waals surface area (Å²) in [4.78, 5) is 13.9. The number of carbonyl (C=O) groups is 1. The fraction of sp³-hybridized carbons (Fsp3) is 0. The van der Waals surface area contributed by atoms with E-state index in [1.165, 1.54) is 0 Å². The second kappa shape index (κ2) is 7.63. The van der Waals surface area contributed by atoms with Crippen LogP contribution < -0.4 is 0 Å². The average Bonchev–Trinajstić information content (AvgIpc) is 2.33. The molecule has 5 heteroatoms. The molecule has 0 aliphatic carbocycles. The topological polar surface area (TPSA) is 17.1 Å². The van der Waals surface area contributed by atoms with Crippen LogP contribution >= 0.6 is 36.0 Å². The predicted octanol–water partition coefficient (Wildman–Crippen LogP) is 4.12. The van der Waals surface area contributed by atoms with Gasteiger partial charge >= 0.3 is 0 Å². The first-order chi connectivity index (χ1) is 8.16. The van der Waals surface area contributed by atoms with E-state index in [-0.39, 0.29) is 29.6 Å². The second-order valence-corrected chi connectivity index (χ2v) is 5.31. The van der Waals surface area contributed by atoms with Crippen LogP contribution in [-0.2, 0) is 0 Å². The summed E-state index contributed by atoms with van der Waals surface area (Å²) in [7, 11) is 0. The monoisotopic (exact) mass is 303 g/mol. The van der Waals surface area contributed by atoms with Crippen molar-refractivity contribution in [2.75, 3.05) is 0 Å². The van der Waals surface area contributed by atoms with Gasteiger partial charge in [0.15, 0.2) is 0 Å². The molecule has 0 N–H and O–H groups in total. The van der Waals surface area contributed by atoms with Gasteiger partial charge in [0.1, 0.15) is 0 Å². The second-order valence-electron chi connectivity index (χ2n) is 3.37. The fourth-order valence-corrected chi connectivity index (χ4v) is 2.63. The van der Waals surface area contributed by atoms with Crippen LogP contribution in [0.5, 0.6) is 0 Å². The molecule has 0 saturated carbocycles. The van der Waals surface area contributed by atoms with Crippen LogP contribution in [0.1, 0.15) is 10.4 Å². The van der Waals surface area contributed by atoms with Crippen molar-refractivity contribution in [3.05, 3.63) is 54.1 Å². The van der Waals surface area contributed by atoms with Crippen LogP contribution in [0.25, 0.3) is 0 Å². The summed E-state index contributed by atoms with van der Waals surface area (Å²) in [6.07, 6.45) is 0. The Labute approximate surface area is 143 Å². The van der Waals surface area contributed by atoms with Crippen LogP contribution in [0.4, 0.5) is 0 Å². The van der Waals surface area contributed by atoms with E-state index in [0.717, 1.165) is 14.7 Å². The van der Waals surface area contributed by atoms with Crippen molar-refractivity contribution in [1.82, 2.24) is 0 Å². The molecule has 0 heterocycles. The van der Waals surface area contributed by atoms with E-state index in [9.17, 15) is 4.79 Å². The Hall–Kier alpha value is 0.1000. The number of benzene rings is 2. The summed E-state index contributed by atoms with van der Waals surface area (Å²) in [6.45, 7) is 0. The van der Waals surface area contributed by atoms with Gasteiger partial charge in [0, 0.05) is 49.8 Å². The summed E-state index contributed by atoms with van der Waals surface area (Å²) in [6, 6.07) is 15.1. The molecule has 0 spiro atoms. The number of hydrogen-bond donors (Lipinski definition) is 1. The van der Waals surface area contributed by atoms with Gasteiger partial charge in [0.2, 0.25) is 0 Å². The smallest absolute Gasteiger partial charge is 0.252 e. The van der Waals surface area contributed by atoms with E-state index in [2.05, 4.69) is 12.6 Å². The first kappa shape index (κ1) is 16.2. The van der Waals surface area contributed by atoms with Gasteiger partial charge in [-0.2, -0.15) is 0 Å². The molecule has 0 unspecified atom stereocenters. The Morgan fingerprint density at radius 1 is 1.11 bits per heavy atom. The zero-order valence-electron chi connectivity index (χ0n) is 9.76. The maximum Gasteiger partial charge on any atom is 0.252 e. The zero-order valence-corrected chi connectivity index (χ0v) is 14.2. The maximum absolute atomic E-state index is 11.1. The molecule has 0 saturated heterocycles. The Morgan fingerprint density at radius 2 is 1.78 bits per heavy atom. The van der Waals surface area contributed by atoms with E-state index in [4.69, 9.17) is 11.6 Å². The molecule has 0 aromatic heterocycles. The SMILES string of the molecule is O=C(Cl)c1ccc(S)c(Sc2ccccc2)c1.[Na]. The number of thiol groups is 1. The third-order valence-corrected chi connectivity index (χ3v) is 3.98. The summed E-state index contributed by atoms with van der Waals surface area (Å²) >= 11 is 11.4. The van der Waals surface area contributed by atoms with Crippen molar-refractivity contribution < 1.29 is 4.79 Å². The standard InChI is InChI=1S/C13H9ClOS2.Na/c14-13(15)9-6-7-11(16)12(8-9)17-10-4-2-1-3-5-10;/h1-8,16H;. The zero-order chi connectivity index (χ0) is 12.3. The Kier molecular flexibility index (Phi) is 6.85. The molecule has 0 aliphatic rings. The Morgan fingerprint density at radius 3 is 2.39 bits per heavy atom. The molecule has 2 aromatic carbocycles. The molecule has 2 aromatic rings. The number of carbonyl (C=O) groups excluding carboxylic acids is 1. The molecule has 1 nitrogen and oxygen atoms in total. The van der Waals surface area contributed by atoms with E-state index in [0.29, 0.717) is 5.56 Å². The van der Waals surface area contributed by atoms with Gasteiger partial charge in [-0.05, 0) is 41.9 Å². The molecule has 18 heavy (non-hydrogen) atoms. The molecular formula is C13H9ClNaOS2. The molecule has 0 atom stereocenters. The number of rotatable bonds is 3. The molecule has 1 radical (unpaired) electrons. The minimum absolute atomic E-state index is 0. The summed E-state index contributed by atoms with van der Waals surface area (Å²) < 4.78 is 0. The van der Waals surface area contributed by atoms with Gasteiger partial charge in [-0.15, -0.1) is 12.6 Å². The van der Waals surface area contributed by atoms with E-state index >= 15 is 0 Å². The van der Waals surface area contributed by atoms with Crippen LogP contribution in [0.3, 0.4) is 0 Å². The van der Waals surface area contributed by atoms with Gasteiger partial charge in [-0.1, -0.05) is 30.0 Å². The van der Waals surface area contributed by atoms with E-state index < -0.39 is 5.24 Å². The van der Waals surface area contributed by atoms with Gasteiger partial charge in [-0.25, -0.2) is 0 Å². The van der Waals surface area contributed by atoms with Crippen LogP contribution in [-0.4, -0.2) is 34.8 Å². The van der Waals surface area contributed by atoms with E-state index in [1.54, 1.807) is 30.0 Å². The summed E-state index contributed by atoms with van der Waals surface area (Å²) in [5, 5.41) is -0.451. The normalized spacial score (nSPS) is 9.67. The van der Waals surface area contributed by atoms with Gasteiger partial charge in [-0.3, -0.25) is 4.79 Å². The molecule has 0 bridgehead atoms.